The summed E-state index contributed by atoms with van der Waals surface area (Å²) in [6.07, 6.45) is 3.78. The Morgan fingerprint density at radius 1 is 0.814 bits per heavy atom. The number of hydrogen-bond donors (Lipinski definition) is 3. The normalized spacial score (nSPS) is 12.9. The number of nitrogens with one attached hydrogen (secondary N) is 2. The van der Waals surface area contributed by atoms with Crippen molar-refractivity contribution in [1.29, 1.82) is 0 Å². The molecule has 0 saturated carbocycles. The minimum atomic E-state index is -1.16. The maximum absolute atomic E-state index is 13.1. The van der Waals surface area contributed by atoms with E-state index in [9.17, 15) is 19.5 Å². The summed E-state index contributed by atoms with van der Waals surface area (Å²) in [4.78, 5) is 48.2. The Bertz CT molecular complexity index is 1570. The lowest BCUT2D eigenvalue weighted by molar-refractivity contribution is -0.141. The first-order valence-corrected chi connectivity index (χ1v) is 15.1. The number of carbonyl (C=O) groups excluding carboxylic acids is 2. The van der Waals surface area contributed by atoms with Crippen molar-refractivity contribution in [2.45, 2.75) is 71.4 Å². The van der Waals surface area contributed by atoms with E-state index in [1.807, 2.05) is 30.3 Å². The van der Waals surface area contributed by atoms with Gasteiger partial charge in [-0.1, -0.05) is 83.1 Å². The number of carboxylic acids is 1. The number of carboxylic acid groups (broad SMARTS) is 1. The van der Waals surface area contributed by atoms with Gasteiger partial charge in [-0.25, -0.2) is 9.97 Å². The largest absolute Gasteiger partial charge is 0.480 e. The zero-order chi connectivity index (χ0) is 31.3. The smallest absolute Gasteiger partial charge is 0.325 e. The summed E-state index contributed by atoms with van der Waals surface area (Å²) in [5.41, 5.74) is 4.74. The van der Waals surface area contributed by atoms with Crippen LogP contribution in [-0.2, 0) is 21.4 Å². The molecule has 43 heavy (non-hydrogen) atoms. The van der Waals surface area contributed by atoms with E-state index in [0.29, 0.717) is 16.6 Å². The van der Waals surface area contributed by atoms with Gasteiger partial charge in [-0.05, 0) is 47.1 Å². The molecular weight excluding hydrogens is 560 g/mol. The van der Waals surface area contributed by atoms with Gasteiger partial charge in [0.1, 0.15) is 12.1 Å². The number of nitrogens with zero attached hydrogens (tertiary/aromatic N) is 2. The summed E-state index contributed by atoms with van der Waals surface area (Å²) in [5.74, 6) is -1.07. The monoisotopic (exact) mass is 598 g/mol. The Balaban J connectivity index is 1.49. The first-order chi connectivity index (χ1) is 20.3. The Morgan fingerprint density at radius 3 is 1.95 bits per heavy atom. The predicted octanol–water partition coefficient (Wildman–Crippen LogP) is 6.22. The lowest BCUT2D eigenvalue weighted by Crippen LogP contribution is -2.51. The van der Waals surface area contributed by atoms with Crippen LogP contribution in [0.4, 0.5) is 0 Å². The maximum Gasteiger partial charge on any atom is 0.325 e. The fourth-order valence-electron chi connectivity index (χ4n) is 4.39. The summed E-state index contributed by atoms with van der Waals surface area (Å²) >= 11 is 1.38. The minimum Gasteiger partial charge on any atom is -0.480 e. The van der Waals surface area contributed by atoms with Crippen molar-refractivity contribution in [2.24, 2.45) is 0 Å². The molecule has 2 atom stereocenters. The van der Waals surface area contributed by atoms with Crippen LogP contribution < -0.4 is 10.6 Å². The second kappa shape index (κ2) is 13.3. The van der Waals surface area contributed by atoms with E-state index in [4.69, 9.17) is 0 Å². The number of benzene rings is 2. The molecular formula is C34H38N4O4S. The van der Waals surface area contributed by atoms with Gasteiger partial charge in [-0.3, -0.25) is 14.4 Å². The second-order valence-corrected chi connectivity index (χ2v) is 13.1. The molecule has 3 N–H and O–H groups in total. The highest BCUT2D eigenvalue weighted by molar-refractivity contribution is 7.14. The van der Waals surface area contributed by atoms with Gasteiger partial charge >= 0.3 is 5.97 Å². The molecule has 2 heterocycles. The average Bonchev–Trinajstić information content (AvgIpc) is 3.49. The molecule has 4 rings (SSSR count). The first kappa shape index (κ1) is 31.6. The van der Waals surface area contributed by atoms with Crippen molar-refractivity contribution in [3.63, 3.8) is 0 Å². The number of aromatic nitrogens is 2. The molecule has 4 aromatic rings. The molecule has 0 aliphatic carbocycles. The number of rotatable bonds is 10. The molecule has 9 heteroatoms. The zero-order valence-electron chi connectivity index (χ0n) is 25.3. The van der Waals surface area contributed by atoms with E-state index in [2.05, 4.69) is 79.5 Å². The van der Waals surface area contributed by atoms with Crippen LogP contribution in [0.1, 0.15) is 73.1 Å². The molecule has 0 spiro atoms. The number of carbonyl (C=O) groups is 3. The van der Waals surface area contributed by atoms with Gasteiger partial charge in [-0.15, -0.1) is 11.3 Å². The van der Waals surface area contributed by atoms with Crippen molar-refractivity contribution < 1.29 is 19.5 Å². The molecule has 2 aromatic heterocycles. The Hall–Kier alpha value is -4.37. The highest BCUT2D eigenvalue weighted by atomic mass is 32.1. The topological polar surface area (TPSA) is 121 Å². The SMILES string of the molecule is CC(NC(=O)C(Cc1ccc(-c2ncc(-c3ccc(C(C)C)cc3)cn2)cc1)NC(=O)c1ccc(C(C)(C)C)s1)C(=O)O. The van der Waals surface area contributed by atoms with Crippen molar-refractivity contribution in [1.82, 2.24) is 20.6 Å². The molecule has 0 aliphatic heterocycles. The number of hydrogen-bond acceptors (Lipinski definition) is 6. The fraction of sp³-hybridized carbons (Fsp3) is 0.324. The average molecular weight is 599 g/mol. The van der Waals surface area contributed by atoms with Crippen molar-refractivity contribution in [3.05, 3.63) is 93.9 Å². The van der Waals surface area contributed by atoms with E-state index in [1.165, 1.54) is 23.8 Å². The van der Waals surface area contributed by atoms with Crippen LogP contribution in [0.3, 0.4) is 0 Å². The maximum atomic E-state index is 13.1. The number of amides is 2. The molecule has 0 radical (unpaired) electrons. The number of thiophene rings is 1. The summed E-state index contributed by atoms with van der Waals surface area (Å²) in [6, 6.07) is 17.4. The van der Waals surface area contributed by atoms with Gasteiger partial charge in [0, 0.05) is 34.8 Å². The highest BCUT2D eigenvalue weighted by Crippen LogP contribution is 2.29. The zero-order valence-corrected chi connectivity index (χ0v) is 26.2. The third kappa shape index (κ3) is 8.14. The van der Waals surface area contributed by atoms with E-state index >= 15 is 0 Å². The summed E-state index contributed by atoms with van der Waals surface area (Å²) in [5, 5.41) is 14.6. The van der Waals surface area contributed by atoms with Crippen LogP contribution in [-0.4, -0.2) is 44.9 Å². The van der Waals surface area contributed by atoms with Gasteiger partial charge in [0.2, 0.25) is 5.91 Å². The third-order valence-electron chi connectivity index (χ3n) is 7.13. The summed E-state index contributed by atoms with van der Waals surface area (Å²) < 4.78 is 0. The van der Waals surface area contributed by atoms with Gasteiger partial charge in [0.05, 0.1) is 4.88 Å². The van der Waals surface area contributed by atoms with Gasteiger partial charge in [-0.2, -0.15) is 0 Å². The summed E-state index contributed by atoms with van der Waals surface area (Å²) in [7, 11) is 0. The van der Waals surface area contributed by atoms with Crippen molar-refractivity contribution in [3.8, 4) is 22.5 Å². The van der Waals surface area contributed by atoms with E-state index in [0.717, 1.165) is 27.1 Å². The van der Waals surface area contributed by atoms with Crippen LogP contribution in [0.25, 0.3) is 22.5 Å². The molecule has 8 nitrogen and oxygen atoms in total. The number of aliphatic carboxylic acids is 1. The van der Waals surface area contributed by atoms with Gasteiger partial charge < -0.3 is 15.7 Å². The predicted molar refractivity (Wildman–Crippen MR) is 170 cm³/mol. The summed E-state index contributed by atoms with van der Waals surface area (Å²) in [6.45, 7) is 11.9. The quantitative estimate of drug-likeness (QED) is 0.199. The third-order valence-corrected chi connectivity index (χ3v) is 8.64. The molecule has 0 bridgehead atoms. The van der Waals surface area contributed by atoms with E-state index in [1.54, 1.807) is 18.5 Å². The molecule has 224 valence electrons. The minimum absolute atomic E-state index is 0.109. The second-order valence-electron chi connectivity index (χ2n) is 12.0. The standard InChI is InChI=1S/C34H38N4O4S/c1-20(2)23-11-13-24(14-12-23)26-18-35-30(36-19-26)25-9-7-22(8-10-25)17-27(31(39)37-21(3)33(41)42)38-32(40)28-15-16-29(43-28)34(4,5)6/h7-16,18-21,27H,17H2,1-6H3,(H,37,39)(H,38,40)(H,41,42). The first-order valence-electron chi connectivity index (χ1n) is 14.3. The van der Waals surface area contributed by atoms with Crippen LogP contribution in [0.2, 0.25) is 0 Å². The molecule has 0 saturated heterocycles. The van der Waals surface area contributed by atoms with E-state index in [-0.39, 0.29) is 17.7 Å². The van der Waals surface area contributed by atoms with Gasteiger partial charge in [0.15, 0.2) is 5.82 Å². The Labute approximate surface area is 256 Å². The molecule has 0 aliphatic rings. The fourth-order valence-corrected chi connectivity index (χ4v) is 5.36. The van der Waals surface area contributed by atoms with Crippen LogP contribution >= 0.6 is 11.3 Å². The van der Waals surface area contributed by atoms with Gasteiger partial charge in [0.25, 0.3) is 5.91 Å². The van der Waals surface area contributed by atoms with Crippen molar-refractivity contribution in [2.75, 3.05) is 0 Å². The lowest BCUT2D eigenvalue weighted by atomic mass is 9.95. The van der Waals surface area contributed by atoms with E-state index < -0.39 is 24.0 Å². The molecule has 2 aromatic carbocycles. The van der Waals surface area contributed by atoms with Crippen molar-refractivity contribution >= 4 is 29.1 Å². The molecule has 2 unspecified atom stereocenters. The molecule has 2 amide bonds. The molecule has 0 fully saturated rings. The van der Waals surface area contributed by atoms with Crippen LogP contribution in [0.5, 0.6) is 0 Å². The Morgan fingerprint density at radius 2 is 1.42 bits per heavy atom. The van der Waals surface area contributed by atoms with Crippen LogP contribution in [0.15, 0.2) is 73.1 Å². The highest BCUT2D eigenvalue weighted by Gasteiger charge is 2.26. The lowest BCUT2D eigenvalue weighted by Gasteiger charge is -2.20. The van der Waals surface area contributed by atoms with Crippen LogP contribution in [0, 0.1) is 0 Å². The Kier molecular flexibility index (Phi) is 9.76.